The summed E-state index contributed by atoms with van der Waals surface area (Å²) in [5.74, 6) is -0.933. The zero-order valence-corrected chi connectivity index (χ0v) is 21.2. The predicted octanol–water partition coefficient (Wildman–Crippen LogP) is 3.00. The van der Waals surface area contributed by atoms with Crippen molar-refractivity contribution in [2.24, 2.45) is 10.2 Å². The minimum Gasteiger partial charge on any atom is -0.507 e. The minimum atomic E-state index is -4.78. The van der Waals surface area contributed by atoms with Crippen LogP contribution in [0.25, 0.3) is 10.8 Å². The number of nitrogen functional groups attached to an aromatic ring is 1. The van der Waals surface area contributed by atoms with E-state index in [9.17, 15) is 34.9 Å². The van der Waals surface area contributed by atoms with Crippen LogP contribution >= 0.6 is 0 Å². The van der Waals surface area contributed by atoms with Crippen molar-refractivity contribution in [3.05, 3.63) is 47.5 Å². The number of phenolic OH excluding ortho intramolecular Hbond substituents is 1. The molecule has 0 amide bonds. The van der Waals surface area contributed by atoms with E-state index in [1.807, 2.05) is 0 Å². The molecule has 3 rings (SSSR count). The fraction of sp³-hybridized carbons (Fsp3) is 0.200. The van der Waals surface area contributed by atoms with Crippen LogP contribution in [0.2, 0.25) is 0 Å². The zero-order chi connectivity index (χ0) is 27.1. The molecule has 0 aromatic heterocycles. The van der Waals surface area contributed by atoms with Gasteiger partial charge in [-0.2, -0.15) is 21.9 Å². The molecule has 0 heterocycles. The number of phenols is 1. The van der Waals surface area contributed by atoms with Gasteiger partial charge in [0.05, 0.1) is 34.0 Å². The van der Waals surface area contributed by atoms with E-state index >= 15 is 0 Å². The lowest BCUT2D eigenvalue weighted by molar-refractivity contribution is 0.284. The van der Waals surface area contributed by atoms with Crippen molar-refractivity contribution in [2.45, 2.75) is 23.6 Å². The average molecular weight is 560 g/mol. The van der Waals surface area contributed by atoms with Crippen LogP contribution in [0, 0.1) is 13.8 Å². The van der Waals surface area contributed by atoms with Crippen molar-refractivity contribution in [1.29, 1.82) is 0 Å². The Kier molecular flexibility index (Phi) is 7.41. The van der Waals surface area contributed by atoms with Crippen LogP contribution in [0.3, 0.4) is 0 Å². The van der Waals surface area contributed by atoms with Gasteiger partial charge in [0, 0.05) is 0 Å². The second kappa shape index (κ2) is 9.72. The summed E-state index contributed by atoms with van der Waals surface area (Å²) in [5.41, 5.74) is 6.54. The molecule has 194 valence electrons. The fourth-order valence-corrected chi connectivity index (χ4v) is 5.41. The fourth-order valence-electron chi connectivity index (χ4n) is 3.27. The summed E-state index contributed by atoms with van der Waals surface area (Å²) in [5, 5.41) is 18.9. The summed E-state index contributed by atoms with van der Waals surface area (Å²) in [6.07, 6.45) is 0. The van der Waals surface area contributed by atoms with Crippen molar-refractivity contribution in [2.75, 3.05) is 18.1 Å². The quantitative estimate of drug-likeness (QED) is 0.178. The van der Waals surface area contributed by atoms with Gasteiger partial charge < -0.3 is 10.8 Å². The molecule has 0 aliphatic carbocycles. The van der Waals surface area contributed by atoms with E-state index in [4.69, 9.17) is 10.3 Å². The summed E-state index contributed by atoms with van der Waals surface area (Å²) in [6, 6.07) is 7.55. The number of nitrogens with two attached hydrogens (primary N) is 1. The first-order chi connectivity index (χ1) is 16.5. The molecule has 16 heteroatoms. The summed E-state index contributed by atoms with van der Waals surface area (Å²) in [4.78, 5) is -0.817. The Balaban J connectivity index is 2.03. The van der Waals surface area contributed by atoms with Gasteiger partial charge in [0.1, 0.15) is 16.3 Å². The van der Waals surface area contributed by atoms with E-state index in [0.29, 0.717) is 11.1 Å². The minimum absolute atomic E-state index is 0.102. The Bertz CT molecular complexity index is 1700. The van der Waals surface area contributed by atoms with Gasteiger partial charge in [0.15, 0.2) is 9.84 Å². The number of azo groups is 1. The topological polar surface area (TPSA) is 223 Å². The summed E-state index contributed by atoms with van der Waals surface area (Å²) >= 11 is 0. The second-order valence-electron chi connectivity index (χ2n) is 7.64. The van der Waals surface area contributed by atoms with Gasteiger partial charge >= 0.3 is 10.4 Å². The van der Waals surface area contributed by atoms with Crippen LogP contribution in [-0.2, 0) is 34.5 Å². The molecular weight excluding hydrogens is 538 g/mol. The van der Waals surface area contributed by atoms with Gasteiger partial charge in [0.25, 0.3) is 10.1 Å². The smallest absolute Gasteiger partial charge is 0.397 e. The van der Waals surface area contributed by atoms with Gasteiger partial charge in [0.2, 0.25) is 0 Å². The highest BCUT2D eigenvalue weighted by Gasteiger charge is 2.23. The molecule has 3 aromatic rings. The van der Waals surface area contributed by atoms with Crippen molar-refractivity contribution in [3.63, 3.8) is 0 Å². The molecule has 36 heavy (non-hydrogen) atoms. The SMILES string of the molecule is Cc1cc2cc(S(=O)(=O)O)c(N)c(N=Nc3ccc(S(=O)(=O)CCOS(=O)(=O)O)cc3)c2c(O)c1C. The molecule has 0 saturated carbocycles. The Hall–Kier alpha value is -3.15. The van der Waals surface area contributed by atoms with Gasteiger partial charge in [-0.1, -0.05) is 6.07 Å². The third kappa shape index (κ3) is 5.97. The Morgan fingerprint density at radius 2 is 1.56 bits per heavy atom. The maximum atomic E-state index is 12.3. The predicted molar refractivity (Wildman–Crippen MR) is 129 cm³/mol. The van der Waals surface area contributed by atoms with Crippen LogP contribution in [0.4, 0.5) is 17.1 Å². The Morgan fingerprint density at radius 1 is 0.944 bits per heavy atom. The summed E-state index contributed by atoms with van der Waals surface area (Å²) in [7, 11) is -13.5. The average Bonchev–Trinajstić information content (AvgIpc) is 2.75. The number of benzene rings is 3. The largest absolute Gasteiger partial charge is 0.507 e. The summed E-state index contributed by atoms with van der Waals surface area (Å²) < 4.78 is 91.6. The lowest BCUT2D eigenvalue weighted by Gasteiger charge is -2.14. The van der Waals surface area contributed by atoms with Crippen LogP contribution < -0.4 is 5.73 Å². The van der Waals surface area contributed by atoms with Crippen LogP contribution in [0.5, 0.6) is 5.75 Å². The number of aryl methyl sites for hydroxylation is 1. The monoisotopic (exact) mass is 559 g/mol. The first kappa shape index (κ1) is 27.4. The number of fused-ring (bicyclic) bond motifs is 1. The number of sulfone groups is 1. The lowest BCUT2D eigenvalue weighted by Crippen LogP contribution is -2.15. The standard InChI is InChI=1S/C20H21N3O10S3/c1-11-9-13-10-16(35(27,28)29)18(21)19(17(13)20(24)12(11)2)23-22-14-3-5-15(6-4-14)34(25,26)8-7-33-36(30,31)32/h3-6,9-10,24H,7-8,21H2,1-2H3,(H,27,28,29)(H,30,31,32). The van der Waals surface area contributed by atoms with Gasteiger partial charge in [-0.05, 0) is 60.7 Å². The molecule has 0 bridgehead atoms. The van der Waals surface area contributed by atoms with Gasteiger partial charge in [-0.15, -0.1) is 5.11 Å². The molecule has 0 spiro atoms. The van der Waals surface area contributed by atoms with Crippen LogP contribution in [0.15, 0.2) is 56.4 Å². The molecule has 0 unspecified atom stereocenters. The van der Waals surface area contributed by atoms with E-state index in [1.54, 1.807) is 19.9 Å². The van der Waals surface area contributed by atoms with Gasteiger partial charge in [-0.3, -0.25) is 9.11 Å². The second-order valence-corrected chi connectivity index (χ2v) is 12.2. The van der Waals surface area contributed by atoms with E-state index in [-0.39, 0.29) is 32.8 Å². The number of nitrogens with zero attached hydrogens (tertiary/aromatic N) is 2. The van der Waals surface area contributed by atoms with E-state index in [1.165, 1.54) is 12.1 Å². The highest BCUT2D eigenvalue weighted by molar-refractivity contribution is 7.91. The van der Waals surface area contributed by atoms with Crippen molar-refractivity contribution in [3.8, 4) is 5.75 Å². The number of rotatable bonds is 8. The molecule has 0 aliphatic rings. The normalized spacial score (nSPS) is 13.0. The third-order valence-electron chi connectivity index (χ3n) is 5.21. The first-order valence-corrected chi connectivity index (χ1v) is 14.4. The Morgan fingerprint density at radius 3 is 2.11 bits per heavy atom. The number of aromatic hydroxyl groups is 1. The highest BCUT2D eigenvalue weighted by atomic mass is 32.3. The molecule has 5 N–H and O–H groups in total. The molecular formula is C20H21N3O10S3. The molecule has 0 atom stereocenters. The van der Waals surface area contributed by atoms with Crippen molar-refractivity contribution >= 4 is 58.2 Å². The molecule has 0 radical (unpaired) electrons. The molecule has 0 aliphatic heterocycles. The van der Waals surface area contributed by atoms with Crippen molar-refractivity contribution < 1.29 is 43.6 Å². The maximum Gasteiger partial charge on any atom is 0.397 e. The molecule has 3 aromatic carbocycles. The number of hydrogen-bond acceptors (Lipinski definition) is 11. The van der Waals surface area contributed by atoms with Crippen LogP contribution in [-0.4, -0.2) is 51.8 Å². The molecule has 13 nitrogen and oxygen atoms in total. The summed E-state index contributed by atoms with van der Waals surface area (Å²) in [6.45, 7) is 2.54. The zero-order valence-electron chi connectivity index (χ0n) is 18.8. The first-order valence-electron chi connectivity index (χ1n) is 9.90. The van der Waals surface area contributed by atoms with Crippen LogP contribution in [0.1, 0.15) is 11.1 Å². The number of anilines is 1. The number of hydrogen-bond donors (Lipinski definition) is 4. The lowest BCUT2D eigenvalue weighted by atomic mass is 9.99. The van der Waals surface area contributed by atoms with Gasteiger partial charge in [-0.25, -0.2) is 12.6 Å². The third-order valence-corrected chi connectivity index (χ3v) is 8.26. The maximum absolute atomic E-state index is 12.3. The molecule has 0 saturated heterocycles. The van der Waals surface area contributed by atoms with E-state index < -0.39 is 53.3 Å². The molecule has 0 fully saturated rings. The van der Waals surface area contributed by atoms with E-state index in [0.717, 1.165) is 18.2 Å². The highest BCUT2D eigenvalue weighted by Crippen LogP contribution is 2.44. The Labute approximate surface area is 206 Å². The van der Waals surface area contributed by atoms with E-state index in [2.05, 4.69) is 14.4 Å². The van der Waals surface area contributed by atoms with Crippen molar-refractivity contribution in [1.82, 2.24) is 0 Å².